The summed E-state index contributed by atoms with van der Waals surface area (Å²) in [6.45, 7) is 0. The number of hydrogen-bond acceptors (Lipinski definition) is 3. The molecule has 10 aromatic rings. The molecule has 1 aromatic heterocycles. The van der Waals surface area contributed by atoms with Crippen LogP contribution in [0.4, 0.5) is 17.1 Å². The van der Waals surface area contributed by atoms with Crippen molar-refractivity contribution < 1.29 is 4.74 Å². The van der Waals surface area contributed by atoms with Crippen LogP contribution in [0.3, 0.4) is 0 Å². The standard InChI is InChI=1S/C55H39NOS/c1-57-53-18-10-8-16-49(53)44-26-34-48(51(37-44)41-14-6-3-7-15-41)42-24-32-47(33-25-42)56(45-28-20-39(21-29-45)38-12-4-2-5-13-38)46-30-22-40(23-31-46)43-27-35-55-52(36-43)50-17-9-11-19-54(50)58-55/h2-37H,1H3. The fourth-order valence-electron chi connectivity index (χ4n) is 8.08. The summed E-state index contributed by atoms with van der Waals surface area (Å²) in [5.74, 6) is 0.862. The van der Waals surface area contributed by atoms with Crippen molar-refractivity contribution in [2.45, 2.75) is 0 Å². The lowest BCUT2D eigenvalue weighted by atomic mass is 9.90. The predicted octanol–water partition coefficient (Wildman–Crippen LogP) is 15.9. The third kappa shape index (κ3) is 6.72. The number of hydrogen-bond donors (Lipinski definition) is 0. The zero-order valence-electron chi connectivity index (χ0n) is 32.0. The monoisotopic (exact) mass is 761 g/mol. The van der Waals surface area contributed by atoms with E-state index < -0.39 is 0 Å². The van der Waals surface area contributed by atoms with E-state index in [2.05, 4.69) is 211 Å². The van der Waals surface area contributed by atoms with Crippen molar-refractivity contribution in [2.75, 3.05) is 12.0 Å². The highest BCUT2D eigenvalue weighted by molar-refractivity contribution is 7.25. The van der Waals surface area contributed by atoms with Crippen molar-refractivity contribution in [2.24, 2.45) is 0 Å². The average molecular weight is 762 g/mol. The first-order valence-electron chi connectivity index (χ1n) is 19.6. The van der Waals surface area contributed by atoms with Gasteiger partial charge >= 0.3 is 0 Å². The van der Waals surface area contributed by atoms with Gasteiger partial charge in [0.05, 0.1) is 7.11 Å². The Kier molecular flexibility index (Phi) is 9.34. The molecule has 0 aliphatic rings. The van der Waals surface area contributed by atoms with Gasteiger partial charge in [0, 0.05) is 42.8 Å². The Hall–Kier alpha value is -7.20. The summed E-state index contributed by atoms with van der Waals surface area (Å²) < 4.78 is 8.39. The van der Waals surface area contributed by atoms with Crippen LogP contribution in [0.5, 0.6) is 5.75 Å². The van der Waals surface area contributed by atoms with Crippen LogP contribution < -0.4 is 9.64 Å². The van der Waals surface area contributed by atoms with Gasteiger partial charge < -0.3 is 9.64 Å². The van der Waals surface area contributed by atoms with E-state index in [4.69, 9.17) is 4.74 Å². The zero-order valence-corrected chi connectivity index (χ0v) is 32.9. The Labute approximate surface area is 343 Å². The van der Waals surface area contributed by atoms with Crippen LogP contribution >= 0.6 is 11.3 Å². The van der Waals surface area contributed by atoms with Gasteiger partial charge in [-0.05, 0) is 117 Å². The minimum Gasteiger partial charge on any atom is -0.496 e. The molecule has 0 atom stereocenters. The Balaban J connectivity index is 1.04. The van der Waals surface area contributed by atoms with Crippen molar-refractivity contribution >= 4 is 48.6 Å². The molecule has 0 amide bonds. The lowest BCUT2D eigenvalue weighted by Gasteiger charge is -2.26. The van der Waals surface area contributed by atoms with E-state index in [0.717, 1.165) is 39.5 Å². The van der Waals surface area contributed by atoms with E-state index in [0.29, 0.717) is 0 Å². The maximum absolute atomic E-state index is 5.75. The van der Waals surface area contributed by atoms with Crippen LogP contribution in [0.2, 0.25) is 0 Å². The summed E-state index contributed by atoms with van der Waals surface area (Å²) in [7, 11) is 1.73. The molecule has 2 nitrogen and oxygen atoms in total. The molecule has 0 aliphatic carbocycles. The van der Waals surface area contributed by atoms with Gasteiger partial charge in [0.1, 0.15) is 5.75 Å². The van der Waals surface area contributed by atoms with Gasteiger partial charge in [-0.1, -0.05) is 152 Å². The molecule has 276 valence electrons. The van der Waals surface area contributed by atoms with Gasteiger partial charge in [0.15, 0.2) is 0 Å². The Morgan fingerprint density at radius 1 is 0.328 bits per heavy atom. The number of benzene rings is 9. The number of para-hydroxylation sites is 1. The Morgan fingerprint density at radius 2 is 0.810 bits per heavy atom. The molecule has 0 radical (unpaired) electrons. The van der Waals surface area contributed by atoms with Crippen LogP contribution in [-0.4, -0.2) is 7.11 Å². The highest BCUT2D eigenvalue weighted by Crippen LogP contribution is 2.42. The lowest BCUT2D eigenvalue weighted by molar-refractivity contribution is 0.416. The van der Waals surface area contributed by atoms with Gasteiger partial charge in [-0.2, -0.15) is 0 Å². The third-order valence-electron chi connectivity index (χ3n) is 11.0. The molecule has 10 rings (SSSR count). The van der Waals surface area contributed by atoms with Crippen LogP contribution in [0.15, 0.2) is 218 Å². The molecule has 9 aromatic carbocycles. The molecule has 0 N–H and O–H groups in total. The second kappa shape index (κ2) is 15.4. The SMILES string of the molecule is COc1ccccc1-c1ccc(-c2ccc(N(c3ccc(-c4ccccc4)cc3)c3ccc(-c4ccc5sc6ccccc6c5c4)cc3)cc2)c(-c2ccccc2)c1. The predicted molar refractivity (Wildman–Crippen MR) is 248 cm³/mol. The molecule has 1 heterocycles. The second-order valence-electron chi connectivity index (χ2n) is 14.5. The number of methoxy groups -OCH3 is 1. The summed E-state index contributed by atoms with van der Waals surface area (Å²) in [4.78, 5) is 2.35. The van der Waals surface area contributed by atoms with Gasteiger partial charge in [0.25, 0.3) is 0 Å². The molecular weight excluding hydrogens is 723 g/mol. The number of rotatable bonds is 9. The fraction of sp³-hybridized carbons (Fsp3) is 0.0182. The zero-order chi connectivity index (χ0) is 38.8. The van der Waals surface area contributed by atoms with Crippen LogP contribution in [0, 0.1) is 0 Å². The molecule has 0 aliphatic heterocycles. The molecule has 0 saturated heterocycles. The number of anilines is 3. The highest BCUT2D eigenvalue weighted by Gasteiger charge is 2.17. The van der Waals surface area contributed by atoms with E-state index in [1.807, 2.05) is 23.5 Å². The maximum Gasteiger partial charge on any atom is 0.126 e. The Bertz CT molecular complexity index is 3010. The molecule has 0 bridgehead atoms. The normalized spacial score (nSPS) is 11.2. The average Bonchev–Trinajstić information content (AvgIpc) is 3.68. The lowest BCUT2D eigenvalue weighted by Crippen LogP contribution is -2.09. The Morgan fingerprint density at radius 3 is 1.48 bits per heavy atom. The van der Waals surface area contributed by atoms with Crippen molar-refractivity contribution in [3.63, 3.8) is 0 Å². The second-order valence-corrected chi connectivity index (χ2v) is 15.6. The minimum atomic E-state index is 0.862. The van der Waals surface area contributed by atoms with E-state index in [-0.39, 0.29) is 0 Å². The molecule has 0 unspecified atom stereocenters. The summed E-state index contributed by atoms with van der Waals surface area (Å²) in [6, 6.07) is 78.6. The van der Waals surface area contributed by atoms with Gasteiger partial charge in [-0.25, -0.2) is 0 Å². The smallest absolute Gasteiger partial charge is 0.126 e. The maximum atomic E-state index is 5.75. The third-order valence-corrected chi connectivity index (χ3v) is 12.2. The first-order valence-corrected chi connectivity index (χ1v) is 20.4. The minimum absolute atomic E-state index is 0.862. The van der Waals surface area contributed by atoms with E-state index in [9.17, 15) is 0 Å². The summed E-state index contributed by atoms with van der Waals surface area (Å²) in [5.41, 5.74) is 15.0. The summed E-state index contributed by atoms with van der Waals surface area (Å²) in [5, 5.41) is 2.63. The number of thiophene rings is 1. The van der Waals surface area contributed by atoms with Crippen LogP contribution in [0.25, 0.3) is 75.8 Å². The van der Waals surface area contributed by atoms with Crippen LogP contribution in [0.1, 0.15) is 0 Å². The molecule has 3 heteroatoms. The summed E-state index contributed by atoms with van der Waals surface area (Å²) >= 11 is 1.86. The van der Waals surface area contributed by atoms with Crippen molar-refractivity contribution in [1.29, 1.82) is 0 Å². The number of fused-ring (bicyclic) bond motifs is 3. The number of nitrogens with zero attached hydrogens (tertiary/aromatic N) is 1. The van der Waals surface area contributed by atoms with Gasteiger partial charge in [-0.15, -0.1) is 11.3 Å². The van der Waals surface area contributed by atoms with Crippen molar-refractivity contribution in [3.05, 3.63) is 218 Å². The van der Waals surface area contributed by atoms with Crippen molar-refractivity contribution in [1.82, 2.24) is 0 Å². The van der Waals surface area contributed by atoms with E-state index in [1.165, 1.54) is 59.1 Å². The van der Waals surface area contributed by atoms with Gasteiger partial charge in [-0.3, -0.25) is 0 Å². The molecule has 58 heavy (non-hydrogen) atoms. The van der Waals surface area contributed by atoms with Crippen molar-refractivity contribution in [3.8, 4) is 61.4 Å². The highest BCUT2D eigenvalue weighted by atomic mass is 32.1. The molecular formula is C55H39NOS. The van der Waals surface area contributed by atoms with Crippen LogP contribution in [-0.2, 0) is 0 Å². The quantitative estimate of drug-likeness (QED) is 0.145. The molecule has 0 spiro atoms. The topological polar surface area (TPSA) is 12.5 Å². The first-order chi connectivity index (χ1) is 28.7. The largest absolute Gasteiger partial charge is 0.496 e. The molecule has 0 saturated carbocycles. The summed E-state index contributed by atoms with van der Waals surface area (Å²) in [6.07, 6.45) is 0. The van der Waals surface area contributed by atoms with E-state index in [1.54, 1.807) is 7.11 Å². The number of ether oxygens (including phenoxy) is 1. The van der Waals surface area contributed by atoms with E-state index >= 15 is 0 Å². The fourth-order valence-corrected chi connectivity index (χ4v) is 9.17. The molecule has 0 fully saturated rings. The first kappa shape index (κ1) is 35.2. The van der Waals surface area contributed by atoms with Gasteiger partial charge in [0.2, 0.25) is 0 Å².